The van der Waals surface area contributed by atoms with E-state index in [0.717, 1.165) is 19.0 Å². The molecule has 1 heterocycles. The Hall–Kier alpha value is -1.59. The van der Waals surface area contributed by atoms with E-state index in [2.05, 4.69) is 26.1 Å². The van der Waals surface area contributed by atoms with Crippen LogP contribution in [0.2, 0.25) is 0 Å². The maximum atomic E-state index is 10.9. The van der Waals surface area contributed by atoms with Crippen molar-refractivity contribution >= 4 is 11.5 Å². The van der Waals surface area contributed by atoms with Gasteiger partial charge in [-0.05, 0) is 44.9 Å². The topological polar surface area (TPSA) is 73.6 Å². The number of hydrogen-bond donors (Lipinski definition) is 2. The number of carbonyl (C=O) groups excluding carboxylic acids is 1. The molecule has 0 bridgehead atoms. The first-order valence-corrected chi connectivity index (χ1v) is 10.1. The number of Topliss-reactive ketones (excluding diaryl/α,β-unsaturated/α-hetero) is 1. The average Bonchev–Trinajstić information content (AvgIpc) is 2.63. The third-order valence-electron chi connectivity index (χ3n) is 4.86. The van der Waals surface area contributed by atoms with E-state index < -0.39 is 0 Å². The second-order valence-corrected chi connectivity index (χ2v) is 7.67. The molecule has 2 fully saturated rings. The zero-order chi connectivity index (χ0) is 20.2. The van der Waals surface area contributed by atoms with E-state index in [9.17, 15) is 4.79 Å². The number of carbonyl (C=O) groups is 1. The van der Waals surface area contributed by atoms with Gasteiger partial charge in [0.15, 0.2) is 5.78 Å². The third-order valence-corrected chi connectivity index (χ3v) is 4.86. The summed E-state index contributed by atoms with van der Waals surface area (Å²) in [5, 5.41) is 3.26. The van der Waals surface area contributed by atoms with E-state index in [1.165, 1.54) is 46.1 Å². The molecule has 1 saturated carbocycles. The van der Waals surface area contributed by atoms with Crippen LogP contribution in [0.5, 0.6) is 5.75 Å². The van der Waals surface area contributed by atoms with Crippen molar-refractivity contribution in [2.24, 2.45) is 5.92 Å². The van der Waals surface area contributed by atoms with Crippen molar-refractivity contribution in [3.05, 3.63) is 23.8 Å². The predicted octanol–water partition coefficient (Wildman–Crippen LogP) is 4.45. The largest absolute Gasteiger partial charge is 0.495 e. The molecule has 1 aliphatic carbocycles. The molecule has 1 aromatic carbocycles. The monoisotopic (exact) mass is 378 g/mol. The van der Waals surface area contributed by atoms with Crippen molar-refractivity contribution in [3.8, 4) is 5.75 Å². The summed E-state index contributed by atoms with van der Waals surface area (Å²) in [7, 11) is 1.52. The smallest absolute Gasteiger partial charge is 0.159 e. The van der Waals surface area contributed by atoms with Gasteiger partial charge in [0.2, 0.25) is 0 Å². The Labute approximate surface area is 165 Å². The number of hydrogen-bond acceptors (Lipinski definition) is 5. The first-order valence-electron chi connectivity index (χ1n) is 10.1. The van der Waals surface area contributed by atoms with Crippen LogP contribution in [0.1, 0.15) is 70.2 Å². The summed E-state index contributed by atoms with van der Waals surface area (Å²) in [5.41, 5.74) is 6.72. The maximum absolute atomic E-state index is 10.9. The minimum atomic E-state index is 0.00769. The Balaban J connectivity index is 0.000000212. The van der Waals surface area contributed by atoms with Crippen molar-refractivity contribution in [1.29, 1.82) is 0 Å². The highest BCUT2D eigenvalue weighted by Gasteiger charge is 2.12. The summed E-state index contributed by atoms with van der Waals surface area (Å²) in [5.74, 6) is 1.59. The lowest BCUT2D eigenvalue weighted by atomic mass is 9.91. The highest BCUT2D eigenvalue weighted by molar-refractivity contribution is 5.95. The molecule has 1 aliphatic heterocycles. The van der Waals surface area contributed by atoms with Crippen molar-refractivity contribution < 1.29 is 14.3 Å². The number of nitrogens with two attached hydrogens (primary N) is 1. The van der Waals surface area contributed by atoms with Crippen LogP contribution in [0.15, 0.2) is 18.2 Å². The zero-order valence-electron chi connectivity index (χ0n) is 17.7. The number of benzene rings is 1. The molecule has 1 aromatic rings. The molecular weight excluding hydrogens is 340 g/mol. The number of ether oxygens (including phenoxy) is 2. The second-order valence-electron chi connectivity index (χ2n) is 7.67. The van der Waals surface area contributed by atoms with Gasteiger partial charge in [-0.1, -0.05) is 39.0 Å². The van der Waals surface area contributed by atoms with Crippen molar-refractivity contribution in [3.63, 3.8) is 0 Å². The Kier molecular flexibility index (Phi) is 11.1. The molecule has 5 heteroatoms. The van der Waals surface area contributed by atoms with Gasteiger partial charge in [0.1, 0.15) is 5.75 Å². The first-order chi connectivity index (χ1) is 12.8. The van der Waals surface area contributed by atoms with Crippen LogP contribution < -0.4 is 15.8 Å². The summed E-state index contributed by atoms with van der Waals surface area (Å²) in [6, 6.07) is 4.98. The lowest BCUT2D eigenvalue weighted by Gasteiger charge is -2.25. The minimum Gasteiger partial charge on any atom is -0.495 e. The Morgan fingerprint density at radius 1 is 1.11 bits per heavy atom. The standard InChI is InChI=1S/C9H11NO2.C7H14.C6H13NO/c1-6(11)7-3-4-8(10)9(5-7)12-2;1-7-5-3-2-4-6-7;1-5-3-7-4-6(2)8-5/h3-5H,10H2,1-2H3;7H,2-6H2,1H3;5-7H,3-4H2,1-2H3. The number of nitrogens with one attached hydrogen (secondary N) is 1. The zero-order valence-corrected chi connectivity index (χ0v) is 17.7. The highest BCUT2D eigenvalue weighted by Crippen LogP contribution is 2.22. The molecular formula is C22H38N2O3. The van der Waals surface area contributed by atoms with E-state index in [1.54, 1.807) is 18.2 Å². The van der Waals surface area contributed by atoms with Crippen LogP contribution in [0, 0.1) is 5.92 Å². The molecule has 0 spiro atoms. The Bertz CT molecular complexity index is 548. The number of anilines is 1. The number of nitrogen functional groups attached to an aromatic ring is 1. The summed E-state index contributed by atoms with van der Waals surface area (Å²) in [4.78, 5) is 10.9. The maximum Gasteiger partial charge on any atom is 0.159 e. The molecule has 2 unspecified atom stereocenters. The van der Waals surface area contributed by atoms with Crippen molar-refractivity contribution in [2.45, 2.75) is 72.0 Å². The van der Waals surface area contributed by atoms with Gasteiger partial charge in [-0.15, -0.1) is 0 Å². The van der Waals surface area contributed by atoms with Crippen LogP contribution in [0.4, 0.5) is 5.69 Å². The van der Waals surface area contributed by atoms with Gasteiger partial charge in [-0.2, -0.15) is 0 Å². The fourth-order valence-electron chi connectivity index (χ4n) is 3.22. The average molecular weight is 379 g/mol. The van der Waals surface area contributed by atoms with Crippen LogP contribution in [0.3, 0.4) is 0 Å². The quantitative estimate of drug-likeness (QED) is 0.587. The summed E-state index contributed by atoms with van der Waals surface area (Å²) in [6.45, 7) is 10.0. The molecule has 0 amide bonds. The van der Waals surface area contributed by atoms with E-state index in [-0.39, 0.29) is 5.78 Å². The molecule has 1 saturated heterocycles. The Morgan fingerprint density at radius 2 is 1.70 bits per heavy atom. The first kappa shape index (κ1) is 23.4. The van der Waals surface area contributed by atoms with Crippen LogP contribution in [0.25, 0.3) is 0 Å². The van der Waals surface area contributed by atoms with Crippen LogP contribution >= 0.6 is 0 Å². The van der Waals surface area contributed by atoms with Crippen molar-refractivity contribution in [1.82, 2.24) is 5.32 Å². The summed E-state index contributed by atoms with van der Waals surface area (Å²) in [6.07, 6.45) is 8.24. The normalized spacial score (nSPS) is 22.6. The Morgan fingerprint density at radius 3 is 2.07 bits per heavy atom. The number of methoxy groups -OCH3 is 1. The summed E-state index contributed by atoms with van der Waals surface area (Å²) < 4.78 is 10.4. The van der Waals surface area contributed by atoms with Gasteiger partial charge in [0.05, 0.1) is 25.0 Å². The fraction of sp³-hybridized carbons (Fsp3) is 0.682. The van der Waals surface area contributed by atoms with Gasteiger partial charge >= 0.3 is 0 Å². The molecule has 3 N–H and O–H groups in total. The van der Waals surface area contributed by atoms with E-state index >= 15 is 0 Å². The van der Waals surface area contributed by atoms with E-state index in [1.807, 2.05) is 0 Å². The molecule has 2 atom stereocenters. The lowest BCUT2D eigenvalue weighted by molar-refractivity contribution is -0.0166. The van der Waals surface area contributed by atoms with Gasteiger partial charge in [-0.25, -0.2) is 0 Å². The number of rotatable bonds is 2. The van der Waals surface area contributed by atoms with Gasteiger partial charge in [-0.3, -0.25) is 4.79 Å². The third kappa shape index (κ3) is 9.78. The molecule has 2 aliphatic rings. The molecule has 154 valence electrons. The summed E-state index contributed by atoms with van der Waals surface area (Å²) >= 11 is 0. The molecule has 5 nitrogen and oxygen atoms in total. The van der Waals surface area contributed by atoms with Gasteiger partial charge < -0.3 is 20.5 Å². The van der Waals surface area contributed by atoms with Gasteiger partial charge in [0, 0.05) is 18.7 Å². The minimum absolute atomic E-state index is 0.00769. The van der Waals surface area contributed by atoms with Gasteiger partial charge in [0.25, 0.3) is 0 Å². The molecule has 27 heavy (non-hydrogen) atoms. The lowest BCUT2D eigenvalue weighted by Crippen LogP contribution is -2.41. The predicted molar refractivity (Wildman–Crippen MR) is 113 cm³/mol. The molecule has 0 radical (unpaired) electrons. The van der Waals surface area contributed by atoms with E-state index in [0.29, 0.717) is 29.2 Å². The fourth-order valence-corrected chi connectivity index (χ4v) is 3.22. The van der Waals surface area contributed by atoms with E-state index in [4.69, 9.17) is 15.2 Å². The number of ketones is 1. The van der Waals surface area contributed by atoms with Crippen molar-refractivity contribution in [2.75, 3.05) is 25.9 Å². The SMILES string of the molecule is CC1CCCCC1.CC1CNCC(C)O1.COc1cc(C(C)=O)ccc1N. The highest BCUT2D eigenvalue weighted by atomic mass is 16.5. The molecule has 3 rings (SSSR count). The number of morpholine rings is 1. The van der Waals surface area contributed by atoms with Crippen LogP contribution in [-0.4, -0.2) is 38.2 Å². The van der Waals surface area contributed by atoms with Crippen LogP contribution in [-0.2, 0) is 4.74 Å². The molecule has 0 aromatic heterocycles. The second kappa shape index (κ2) is 12.7.